The third-order valence-electron chi connectivity index (χ3n) is 3.88. The van der Waals surface area contributed by atoms with Gasteiger partial charge in [0.15, 0.2) is 0 Å². The summed E-state index contributed by atoms with van der Waals surface area (Å²) in [6, 6.07) is 18.2. The highest BCUT2D eigenvalue weighted by Gasteiger charge is 2.17. The minimum absolute atomic E-state index is 0.171. The monoisotopic (exact) mass is 265 g/mol. The van der Waals surface area contributed by atoms with Crippen molar-refractivity contribution in [3.05, 3.63) is 60.2 Å². The molecule has 2 aromatic rings. The van der Waals surface area contributed by atoms with Crippen LogP contribution in [0.25, 0.3) is 11.1 Å². The zero-order valence-electron chi connectivity index (χ0n) is 11.6. The van der Waals surface area contributed by atoms with Crippen LogP contribution < -0.4 is 0 Å². The number of nitrogens with zero attached hydrogens (tertiary/aromatic N) is 1. The predicted octanol–water partition coefficient (Wildman–Crippen LogP) is 3.98. The summed E-state index contributed by atoms with van der Waals surface area (Å²) in [6.07, 6.45) is 3.51. The molecule has 1 saturated heterocycles. The molecule has 3 rings (SSSR count). The fourth-order valence-electron chi connectivity index (χ4n) is 2.72. The van der Waals surface area contributed by atoms with Gasteiger partial charge in [0, 0.05) is 18.7 Å². The molecular formula is C18H19NO. The summed E-state index contributed by atoms with van der Waals surface area (Å²) in [6.45, 7) is 1.80. The van der Waals surface area contributed by atoms with Crippen LogP contribution in [0.3, 0.4) is 0 Å². The number of benzene rings is 2. The van der Waals surface area contributed by atoms with Gasteiger partial charge in [0.2, 0.25) is 0 Å². The van der Waals surface area contributed by atoms with Gasteiger partial charge in [-0.1, -0.05) is 42.5 Å². The smallest absolute Gasteiger partial charge is 0.253 e. The molecule has 1 amide bonds. The van der Waals surface area contributed by atoms with Crippen molar-refractivity contribution in [3.8, 4) is 11.1 Å². The van der Waals surface area contributed by atoms with E-state index < -0.39 is 0 Å². The van der Waals surface area contributed by atoms with Crippen LogP contribution in [0.15, 0.2) is 54.6 Å². The summed E-state index contributed by atoms with van der Waals surface area (Å²) in [5.74, 6) is 0.171. The van der Waals surface area contributed by atoms with Crippen LogP contribution in [0.4, 0.5) is 0 Å². The second-order valence-electron chi connectivity index (χ2n) is 5.30. The first kappa shape index (κ1) is 12.9. The minimum atomic E-state index is 0.171. The maximum absolute atomic E-state index is 12.4. The van der Waals surface area contributed by atoms with Gasteiger partial charge >= 0.3 is 0 Å². The second kappa shape index (κ2) is 5.91. The zero-order chi connectivity index (χ0) is 13.8. The highest BCUT2D eigenvalue weighted by molar-refractivity contribution is 5.94. The van der Waals surface area contributed by atoms with Crippen LogP contribution in [-0.4, -0.2) is 23.9 Å². The molecule has 0 aliphatic carbocycles. The molecule has 0 unspecified atom stereocenters. The lowest BCUT2D eigenvalue weighted by atomic mass is 10.0. The third kappa shape index (κ3) is 2.74. The number of carbonyl (C=O) groups is 1. The van der Waals surface area contributed by atoms with Crippen molar-refractivity contribution in [2.24, 2.45) is 0 Å². The van der Waals surface area contributed by atoms with Gasteiger partial charge in [-0.2, -0.15) is 0 Å². The van der Waals surface area contributed by atoms with Gasteiger partial charge in [-0.25, -0.2) is 0 Å². The molecule has 0 N–H and O–H groups in total. The lowest BCUT2D eigenvalue weighted by molar-refractivity contribution is 0.0724. The van der Waals surface area contributed by atoms with Gasteiger partial charge in [0.1, 0.15) is 0 Å². The van der Waals surface area contributed by atoms with Crippen molar-refractivity contribution < 1.29 is 4.79 Å². The first-order valence-corrected chi connectivity index (χ1v) is 7.29. The zero-order valence-corrected chi connectivity index (χ0v) is 11.6. The quantitative estimate of drug-likeness (QED) is 0.804. The predicted molar refractivity (Wildman–Crippen MR) is 81.6 cm³/mol. The number of piperidine rings is 1. The molecule has 2 aromatic carbocycles. The van der Waals surface area contributed by atoms with E-state index in [1.165, 1.54) is 12.0 Å². The molecule has 2 heteroatoms. The molecule has 2 nitrogen and oxygen atoms in total. The number of carbonyl (C=O) groups excluding carboxylic acids is 1. The number of hydrogen-bond acceptors (Lipinski definition) is 1. The van der Waals surface area contributed by atoms with Crippen LogP contribution in [0.1, 0.15) is 29.6 Å². The second-order valence-corrected chi connectivity index (χ2v) is 5.30. The topological polar surface area (TPSA) is 20.3 Å². The molecule has 0 atom stereocenters. The van der Waals surface area contributed by atoms with Crippen molar-refractivity contribution >= 4 is 5.91 Å². The fraction of sp³-hybridized carbons (Fsp3) is 0.278. The van der Waals surface area contributed by atoms with E-state index in [1.807, 2.05) is 47.4 Å². The van der Waals surface area contributed by atoms with E-state index in [0.29, 0.717) is 0 Å². The summed E-state index contributed by atoms with van der Waals surface area (Å²) in [5.41, 5.74) is 3.14. The maximum atomic E-state index is 12.4. The molecular weight excluding hydrogens is 246 g/mol. The number of hydrogen-bond donors (Lipinski definition) is 0. The largest absolute Gasteiger partial charge is 0.339 e. The average molecular weight is 265 g/mol. The number of likely N-dealkylation sites (tertiary alicyclic amines) is 1. The van der Waals surface area contributed by atoms with Crippen LogP contribution in [0, 0.1) is 0 Å². The average Bonchev–Trinajstić information content (AvgIpc) is 2.56. The van der Waals surface area contributed by atoms with Crippen molar-refractivity contribution in [2.75, 3.05) is 13.1 Å². The first-order valence-electron chi connectivity index (χ1n) is 7.29. The summed E-state index contributed by atoms with van der Waals surface area (Å²) >= 11 is 0. The Bertz CT molecular complexity index is 568. The highest BCUT2D eigenvalue weighted by Crippen LogP contribution is 2.20. The Hall–Kier alpha value is -2.09. The van der Waals surface area contributed by atoms with E-state index in [0.717, 1.165) is 37.1 Å². The standard InChI is InChI=1S/C18H19NO/c20-18(19-13-5-2-6-14-19)17-11-9-16(10-12-17)15-7-3-1-4-8-15/h1,3-4,7-12H,2,5-6,13-14H2. The van der Waals surface area contributed by atoms with E-state index >= 15 is 0 Å². The van der Waals surface area contributed by atoms with E-state index in [-0.39, 0.29) is 5.91 Å². The summed E-state index contributed by atoms with van der Waals surface area (Å²) in [4.78, 5) is 14.3. The van der Waals surface area contributed by atoms with E-state index in [2.05, 4.69) is 12.1 Å². The molecule has 0 radical (unpaired) electrons. The molecule has 1 aliphatic rings. The summed E-state index contributed by atoms with van der Waals surface area (Å²) in [5, 5.41) is 0. The lowest BCUT2D eigenvalue weighted by Gasteiger charge is -2.26. The minimum Gasteiger partial charge on any atom is -0.339 e. The van der Waals surface area contributed by atoms with Gasteiger partial charge in [0.25, 0.3) is 5.91 Å². The van der Waals surface area contributed by atoms with Gasteiger partial charge in [0.05, 0.1) is 0 Å². The summed E-state index contributed by atoms with van der Waals surface area (Å²) < 4.78 is 0. The number of rotatable bonds is 2. The fourth-order valence-corrected chi connectivity index (χ4v) is 2.72. The maximum Gasteiger partial charge on any atom is 0.253 e. The van der Waals surface area contributed by atoms with Crippen LogP contribution in [-0.2, 0) is 0 Å². The molecule has 102 valence electrons. The highest BCUT2D eigenvalue weighted by atomic mass is 16.2. The molecule has 0 saturated carbocycles. The molecule has 0 bridgehead atoms. The van der Waals surface area contributed by atoms with Crippen molar-refractivity contribution in [1.29, 1.82) is 0 Å². The van der Waals surface area contributed by atoms with E-state index in [9.17, 15) is 4.79 Å². The third-order valence-corrected chi connectivity index (χ3v) is 3.88. The normalized spacial score (nSPS) is 15.1. The molecule has 0 aromatic heterocycles. The van der Waals surface area contributed by atoms with Crippen LogP contribution in [0.2, 0.25) is 0 Å². The van der Waals surface area contributed by atoms with Crippen molar-refractivity contribution in [2.45, 2.75) is 19.3 Å². The van der Waals surface area contributed by atoms with Gasteiger partial charge in [-0.05, 0) is 42.5 Å². The van der Waals surface area contributed by atoms with Crippen molar-refractivity contribution in [3.63, 3.8) is 0 Å². The van der Waals surface area contributed by atoms with E-state index in [4.69, 9.17) is 0 Å². The van der Waals surface area contributed by atoms with Crippen LogP contribution in [0.5, 0.6) is 0 Å². The SMILES string of the molecule is O=C(c1ccc(-c2ccccc2)cc1)N1CCCCC1. The Morgan fingerprint density at radius 1 is 0.750 bits per heavy atom. The van der Waals surface area contributed by atoms with Crippen molar-refractivity contribution in [1.82, 2.24) is 4.90 Å². The summed E-state index contributed by atoms with van der Waals surface area (Å²) in [7, 11) is 0. The van der Waals surface area contributed by atoms with Gasteiger partial charge < -0.3 is 4.90 Å². The molecule has 20 heavy (non-hydrogen) atoms. The Morgan fingerprint density at radius 3 is 2.00 bits per heavy atom. The van der Waals surface area contributed by atoms with Gasteiger partial charge in [-0.3, -0.25) is 4.79 Å². The van der Waals surface area contributed by atoms with Gasteiger partial charge in [-0.15, -0.1) is 0 Å². The molecule has 1 heterocycles. The Morgan fingerprint density at radius 2 is 1.35 bits per heavy atom. The lowest BCUT2D eigenvalue weighted by Crippen LogP contribution is -2.35. The van der Waals surface area contributed by atoms with Crippen LogP contribution >= 0.6 is 0 Å². The Labute approximate surface area is 120 Å². The molecule has 1 aliphatic heterocycles. The Kier molecular flexibility index (Phi) is 3.82. The molecule has 0 spiro atoms. The Balaban J connectivity index is 1.77. The number of amides is 1. The molecule has 1 fully saturated rings. The van der Waals surface area contributed by atoms with E-state index in [1.54, 1.807) is 0 Å². The first-order chi connectivity index (χ1) is 9.84.